The van der Waals surface area contributed by atoms with Gasteiger partial charge in [-0.25, -0.2) is 0 Å². The minimum atomic E-state index is -0.154. The van der Waals surface area contributed by atoms with Crippen LogP contribution in [-0.2, 0) is 4.79 Å². The minimum absolute atomic E-state index is 0.0448. The second-order valence-electron chi connectivity index (χ2n) is 5.95. The van der Waals surface area contributed by atoms with Crippen molar-refractivity contribution in [2.24, 2.45) is 11.8 Å². The third-order valence-electron chi connectivity index (χ3n) is 4.65. The van der Waals surface area contributed by atoms with E-state index in [1.165, 1.54) is 19.3 Å². The Morgan fingerprint density at radius 3 is 2.60 bits per heavy atom. The number of carbonyl (C=O) groups is 1. The zero-order valence-corrected chi connectivity index (χ0v) is 12.7. The van der Waals surface area contributed by atoms with Gasteiger partial charge in [0.15, 0.2) is 0 Å². The van der Waals surface area contributed by atoms with Crippen molar-refractivity contribution in [1.29, 1.82) is 0 Å². The fraction of sp³-hybridized carbons (Fsp3) is 0.588. The molecule has 3 nitrogen and oxygen atoms in total. The fourth-order valence-electron chi connectivity index (χ4n) is 3.23. The predicted molar refractivity (Wildman–Crippen MR) is 83.6 cm³/mol. The fourth-order valence-corrected chi connectivity index (χ4v) is 3.23. The summed E-state index contributed by atoms with van der Waals surface area (Å²) in [4.78, 5) is 12.2. The van der Waals surface area contributed by atoms with E-state index in [1.807, 2.05) is 37.3 Å². The van der Waals surface area contributed by atoms with Crippen molar-refractivity contribution < 1.29 is 4.79 Å². The van der Waals surface area contributed by atoms with Crippen molar-refractivity contribution in [3.63, 3.8) is 0 Å². The molecule has 1 aromatic carbocycles. The van der Waals surface area contributed by atoms with Crippen LogP contribution in [0.1, 0.15) is 40.0 Å². The molecule has 4 atom stereocenters. The van der Waals surface area contributed by atoms with Crippen LogP contribution in [0, 0.1) is 11.8 Å². The van der Waals surface area contributed by atoms with E-state index in [0.29, 0.717) is 12.0 Å². The molecule has 110 valence electrons. The van der Waals surface area contributed by atoms with E-state index in [1.54, 1.807) is 0 Å². The van der Waals surface area contributed by atoms with Gasteiger partial charge in [-0.2, -0.15) is 0 Å². The van der Waals surface area contributed by atoms with Gasteiger partial charge in [-0.05, 0) is 43.7 Å². The molecule has 0 aromatic heterocycles. The number of hydrogen-bond acceptors (Lipinski definition) is 2. The topological polar surface area (TPSA) is 41.1 Å². The Morgan fingerprint density at radius 1 is 1.30 bits per heavy atom. The van der Waals surface area contributed by atoms with Crippen LogP contribution in [0.4, 0.5) is 5.69 Å². The van der Waals surface area contributed by atoms with Gasteiger partial charge >= 0.3 is 0 Å². The molecule has 4 unspecified atom stereocenters. The highest BCUT2D eigenvalue weighted by Crippen LogP contribution is 2.34. The zero-order valence-electron chi connectivity index (χ0n) is 12.7. The average molecular weight is 274 g/mol. The number of rotatable bonds is 5. The monoisotopic (exact) mass is 274 g/mol. The standard InChI is InChI=1S/C17H26N2O/c1-4-14-10-11-16(12(14)2)18-13(3)17(20)19-15-8-6-5-7-9-15/h5-9,12-14,16,18H,4,10-11H2,1-3H3,(H,19,20). The maximum absolute atomic E-state index is 12.2. The highest BCUT2D eigenvalue weighted by molar-refractivity contribution is 5.94. The SMILES string of the molecule is CCC1CCC(NC(C)C(=O)Nc2ccccc2)C1C. The van der Waals surface area contributed by atoms with E-state index < -0.39 is 0 Å². The molecule has 2 N–H and O–H groups in total. The van der Waals surface area contributed by atoms with Crippen molar-refractivity contribution in [1.82, 2.24) is 5.32 Å². The minimum Gasteiger partial charge on any atom is -0.325 e. The van der Waals surface area contributed by atoms with Crippen LogP contribution in [0.3, 0.4) is 0 Å². The highest BCUT2D eigenvalue weighted by Gasteiger charge is 2.32. The molecule has 1 aliphatic rings. The number of amides is 1. The Labute approximate surface area is 122 Å². The Morgan fingerprint density at radius 2 is 2.00 bits per heavy atom. The molecule has 1 aromatic rings. The molecule has 0 spiro atoms. The summed E-state index contributed by atoms with van der Waals surface area (Å²) < 4.78 is 0. The lowest BCUT2D eigenvalue weighted by molar-refractivity contribution is -0.118. The summed E-state index contributed by atoms with van der Waals surface area (Å²) in [6.07, 6.45) is 3.70. The van der Waals surface area contributed by atoms with Gasteiger partial charge in [-0.3, -0.25) is 4.79 Å². The van der Waals surface area contributed by atoms with E-state index in [4.69, 9.17) is 0 Å². The van der Waals surface area contributed by atoms with Crippen LogP contribution < -0.4 is 10.6 Å². The van der Waals surface area contributed by atoms with Crippen molar-refractivity contribution in [2.75, 3.05) is 5.32 Å². The third-order valence-corrected chi connectivity index (χ3v) is 4.65. The molecule has 1 aliphatic carbocycles. The second kappa shape index (κ2) is 6.89. The van der Waals surface area contributed by atoms with Crippen molar-refractivity contribution in [2.45, 2.75) is 52.1 Å². The van der Waals surface area contributed by atoms with Crippen LogP contribution in [0.5, 0.6) is 0 Å². The van der Waals surface area contributed by atoms with Crippen molar-refractivity contribution in [3.8, 4) is 0 Å². The largest absolute Gasteiger partial charge is 0.325 e. The Bertz CT molecular complexity index is 432. The number of anilines is 1. The summed E-state index contributed by atoms with van der Waals surface area (Å²) in [7, 11) is 0. The molecule has 0 radical (unpaired) electrons. The van der Waals surface area contributed by atoms with Crippen LogP contribution in [0.15, 0.2) is 30.3 Å². The summed E-state index contributed by atoms with van der Waals surface area (Å²) in [5.41, 5.74) is 0.858. The smallest absolute Gasteiger partial charge is 0.241 e. The van der Waals surface area contributed by atoms with Gasteiger partial charge in [0.25, 0.3) is 0 Å². The van der Waals surface area contributed by atoms with Gasteiger partial charge in [0, 0.05) is 11.7 Å². The van der Waals surface area contributed by atoms with E-state index in [0.717, 1.165) is 11.6 Å². The van der Waals surface area contributed by atoms with E-state index >= 15 is 0 Å². The first-order valence-corrected chi connectivity index (χ1v) is 7.73. The molecule has 20 heavy (non-hydrogen) atoms. The average Bonchev–Trinajstić information content (AvgIpc) is 2.80. The highest BCUT2D eigenvalue weighted by atomic mass is 16.2. The molecular weight excluding hydrogens is 248 g/mol. The van der Waals surface area contributed by atoms with Crippen LogP contribution in [0.2, 0.25) is 0 Å². The van der Waals surface area contributed by atoms with Gasteiger partial charge in [-0.1, -0.05) is 38.5 Å². The first-order valence-electron chi connectivity index (χ1n) is 7.73. The molecule has 0 saturated heterocycles. The van der Waals surface area contributed by atoms with E-state index in [2.05, 4.69) is 24.5 Å². The molecule has 3 heteroatoms. The normalized spacial score (nSPS) is 27.2. The lowest BCUT2D eigenvalue weighted by Gasteiger charge is -2.24. The van der Waals surface area contributed by atoms with Gasteiger partial charge in [0.2, 0.25) is 5.91 Å². The number of nitrogens with one attached hydrogen (secondary N) is 2. The number of para-hydroxylation sites is 1. The summed E-state index contributed by atoms with van der Waals surface area (Å²) in [6.45, 7) is 6.51. The lowest BCUT2D eigenvalue weighted by atomic mass is 9.93. The molecule has 0 bridgehead atoms. The third kappa shape index (κ3) is 3.60. The van der Waals surface area contributed by atoms with E-state index in [-0.39, 0.29) is 11.9 Å². The molecular formula is C17H26N2O. The Kier molecular flexibility index (Phi) is 5.18. The second-order valence-corrected chi connectivity index (χ2v) is 5.95. The number of hydrogen-bond donors (Lipinski definition) is 2. The molecule has 1 fully saturated rings. The Hall–Kier alpha value is -1.35. The first kappa shape index (κ1) is 15.0. The van der Waals surface area contributed by atoms with Crippen LogP contribution in [-0.4, -0.2) is 18.0 Å². The summed E-state index contributed by atoms with van der Waals surface area (Å²) >= 11 is 0. The van der Waals surface area contributed by atoms with E-state index in [9.17, 15) is 4.79 Å². The van der Waals surface area contributed by atoms with Crippen LogP contribution >= 0.6 is 0 Å². The molecule has 1 amide bonds. The molecule has 1 saturated carbocycles. The summed E-state index contributed by atoms with van der Waals surface area (Å²) in [5.74, 6) is 1.51. The predicted octanol–water partition coefficient (Wildman–Crippen LogP) is 3.43. The van der Waals surface area contributed by atoms with Gasteiger partial charge in [0.1, 0.15) is 0 Å². The van der Waals surface area contributed by atoms with Crippen LogP contribution in [0.25, 0.3) is 0 Å². The van der Waals surface area contributed by atoms with Gasteiger partial charge in [-0.15, -0.1) is 0 Å². The maximum Gasteiger partial charge on any atom is 0.241 e. The molecule has 2 rings (SSSR count). The lowest BCUT2D eigenvalue weighted by Crippen LogP contribution is -2.45. The first-order chi connectivity index (χ1) is 9.61. The molecule has 0 aliphatic heterocycles. The quantitative estimate of drug-likeness (QED) is 0.863. The van der Waals surface area contributed by atoms with Gasteiger partial charge in [0.05, 0.1) is 6.04 Å². The van der Waals surface area contributed by atoms with Crippen molar-refractivity contribution >= 4 is 11.6 Å². The van der Waals surface area contributed by atoms with Gasteiger partial charge < -0.3 is 10.6 Å². The zero-order chi connectivity index (χ0) is 14.5. The number of carbonyl (C=O) groups excluding carboxylic acids is 1. The number of benzene rings is 1. The Balaban J connectivity index is 1.85. The summed E-state index contributed by atoms with van der Waals surface area (Å²) in [5, 5.41) is 6.46. The maximum atomic E-state index is 12.2. The molecule has 0 heterocycles. The van der Waals surface area contributed by atoms with Crippen molar-refractivity contribution in [3.05, 3.63) is 30.3 Å². The summed E-state index contributed by atoms with van der Waals surface area (Å²) in [6, 6.07) is 9.95.